The molecule has 0 saturated carbocycles. The Hall–Kier alpha value is -2.11. The molecule has 0 atom stereocenters. The molecule has 0 radical (unpaired) electrons. The van der Waals surface area contributed by atoms with E-state index in [2.05, 4.69) is 51.4 Å². The van der Waals surface area contributed by atoms with E-state index in [1.165, 1.54) is 5.56 Å². The molecule has 1 heterocycles. The number of hydrogen-bond acceptors (Lipinski definition) is 3. The van der Waals surface area contributed by atoms with Crippen molar-refractivity contribution in [1.29, 1.82) is 0 Å². The van der Waals surface area contributed by atoms with Gasteiger partial charge in [0.15, 0.2) is 4.77 Å². The van der Waals surface area contributed by atoms with Crippen LogP contribution >= 0.6 is 12.2 Å². The summed E-state index contributed by atoms with van der Waals surface area (Å²) in [5.74, 6) is 0.887. The standard InChI is InChI=1S/C18H21N3OS/c1-19(12-14-7-6-8-15(11-14)22-3)13-21-17-10-5-4-9-16(17)20(2)18(21)23/h4-11H,12-13H2,1-3H3. The number of ether oxygens (including phenoxy) is 1. The second-order valence-electron chi connectivity index (χ2n) is 5.77. The molecule has 2 aromatic carbocycles. The van der Waals surface area contributed by atoms with Gasteiger partial charge in [0.1, 0.15) is 5.75 Å². The van der Waals surface area contributed by atoms with Crippen LogP contribution in [-0.4, -0.2) is 28.2 Å². The molecule has 0 bridgehead atoms. The molecule has 0 N–H and O–H groups in total. The van der Waals surface area contributed by atoms with E-state index in [1.807, 2.05) is 25.2 Å². The van der Waals surface area contributed by atoms with Crippen molar-refractivity contribution < 1.29 is 4.74 Å². The van der Waals surface area contributed by atoms with Crippen LogP contribution in [0.25, 0.3) is 11.0 Å². The number of nitrogens with zero attached hydrogens (tertiary/aromatic N) is 3. The van der Waals surface area contributed by atoms with E-state index in [9.17, 15) is 0 Å². The molecule has 1 aromatic heterocycles. The van der Waals surface area contributed by atoms with Gasteiger partial charge in [-0.05, 0) is 49.1 Å². The van der Waals surface area contributed by atoms with Crippen molar-refractivity contribution in [1.82, 2.24) is 14.0 Å². The molecule has 0 saturated heterocycles. The lowest BCUT2D eigenvalue weighted by Gasteiger charge is -2.18. The van der Waals surface area contributed by atoms with Gasteiger partial charge in [0, 0.05) is 13.6 Å². The second-order valence-corrected chi connectivity index (χ2v) is 6.13. The molecular weight excluding hydrogens is 306 g/mol. The lowest BCUT2D eigenvalue weighted by molar-refractivity contribution is 0.261. The van der Waals surface area contributed by atoms with Crippen molar-refractivity contribution in [2.75, 3.05) is 14.2 Å². The fraction of sp³-hybridized carbons (Fsp3) is 0.278. The van der Waals surface area contributed by atoms with Gasteiger partial charge in [0.25, 0.3) is 0 Å². The molecule has 120 valence electrons. The largest absolute Gasteiger partial charge is 0.497 e. The van der Waals surface area contributed by atoms with Gasteiger partial charge >= 0.3 is 0 Å². The van der Waals surface area contributed by atoms with Crippen molar-refractivity contribution in [3.05, 3.63) is 58.9 Å². The Morgan fingerprint density at radius 1 is 1.09 bits per heavy atom. The van der Waals surface area contributed by atoms with Crippen molar-refractivity contribution in [2.24, 2.45) is 7.05 Å². The molecule has 0 fully saturated rings. The second kappa shape index (κ2) is 6.56. The zero-order valence-electron chi connectivity index (χ0n) is 13.7. The van der Waals surface area contributed by atoms with Gasteiger partial charge in [0.2, 0.25) is 0 Å². The fourth-order valence-corrected chi connectivity index (χ4v) is 3.13. The Kier molecular flexibility index (Phi) is 4.50. The van der Waals surface area contributed by atoms with Crippen LogP contribution in [0.3, 0.4) is 0 Å². The summed E-state index contributed by atoms with van der Waals surface area (Å²) in [5, 5.41) is 0. The molecule has 0 aliphatic carbocycles. The van der Waals surface area contributed by atoms with Gasteiger partial charge < -0.3 is 13.9 Å². The Bertz CT molecular complexity index is 881. The highest BCUT2D eigenvalue weighted by Crippen LogP contribution is 2.18. The molecule has 3 aromatic rings. The first-order chi connectivity index (χ1) is 11.1. The van der Waals surface area contributed by atoms with Crippen molar-refractivity contribution in [3.63, 3.8) is 0 Å². The van der Waals surface area contributed by atoms with Crippen LogP contribution < -0.4 is 4.74 Å². The number of hydrogen-bond donors (Lipinski definition) is 0. The summed E-state index contributed by atoms with van der Waals surface area (Å²) in [5.41, 5.74) is 3.54. The molecule has 0 unspecified atom stereocenters. The highest BCUT2D eigenvalue weighted by Gasteiger charge is 2.10. The monoisotopic (exact) mass is 327 g/mol. The van der Waals surface area contributed by atoms with Crippen LogP contribution in [0, 0.1) is 4.77 Å². The summed E-state index contributed by atoms with van der Waals surface area (Å²) in [6, 6.07) is 16.5. The minimum atomic E-state index is 0.747. The predicted molar refractivity (Wildman–Crippen MR) is 96.2 cm³/mol. The number of fused-ring (bicyclic) bond motifs is 1. The molecule has 0 spiro atoms. The highest BCUT2D eigenvalue weighted by molar-refractivity contribution is 7.71. The van der Waals surface area contributed by atoms with Crippen LogP contribution in [0.5, 0.6) is 5.75 Å². The lowest BCUT2D eigenvalue weighted by atomic mass is 10.2. The Morgan fingerprint density at radius 2 is 1.83 bits per heavy atom. The van der Waals surface area contributed by atoms with E-state index >= 15 is 0 Å². The molecule has 0 aliphatic heterocycles. The zero-order chi connectivity index (χ0) is 16.4. The van der Waals surface area contributed by atoms with E-state index in [0.717, 1.165) is 34.8 Å². The van der Waals surface area contributed by atoms with Gasteiger partial charge in [-0.3, -0.25) is 4.90 Å². The Labute approximate surface area is 141 Å². The molecule has 4 nitrogen and oxygen atoms in total. The van der Waals surface area contributed by atoms with Crippen LogP contribution in [0.1, 0.15) is 5.56 Å². The van der Waals surface area contributed by atoms with Gasteiger partial charge in [0.05, 0.1) is 24.8 Å². The Balaban J connectivity index is 1.84. The molecule has 0 aliphatic rings. The lowest BCUT2D eigenvalue weighted by Crippen LogP contribution is -2.21. The summed E-state index contributed by atoms with van der Waals surface area (Å²) >= 11 is 5.60. The number of benzene rings is 2. The zero-order valence-corrected chi connectivity index (χ0v) is 14.5. The minimum Gasteiger partial charge on any atom is -0.497 e. The summed E-state index contributed by atoms with van der Waals surface area (Å²) in [7, 11) is 5.81. The summed E-state index contributed by atoms with van der Waals surface area (Å²) < 4.78 is 10.4. The molecule has 3 rings (SSSR count). The summed E-state index contributed by atoms with van der Waals surface area (Å²) in [4.78, 5) is 2.25. The van der Waals surface area contributed by atoms with Crippen LogP contribution in [0.4, 0.5) is 0 Å². The third-order valence-corrected chi connectivity index (χ3v) is 4.52. The number of methoxy groups -OCH3 is 1. The average Bonchev–Trinajstić information content (AvgIpc) is 2.80. The molecular formula is C18H21N3OS. The van der Waals surface area contributed by atoms with Crippen LogP contribution in [-0.2, 0) is 20.3 Å². The molecule has 5 heteroatoms. The topological polar surface area (TPSA) is 22.3 Å². The molecule has 23 heavy (non-hydrogen) atoms. The summed E-state index contributed by atoms with van der Waals surface area (Å²) in [6.07, 6.45) is 0. The molecule has 0 amide bonds. The number of para-hydroxylation sites is 2. The first-order valence-electron chi connectivity index (χ1n) is 7.56. The maximum atomic E-state index is 5.60. The highest BCUT2D eigenvalue weighted by atomic mass is 32.1. The SMILES string of the molecule is COc1cccc(CN(C)Cn2c(=S)n(C)c3ccccc32)c1. The first kappa shape index (κ1) is 15.8. The van der Waals surface area contributed by atoms with E-state index < -0.39 is 0 Å². The minimum absolute atomic E-state index is 0.747. The van der Waals surface area contributed by atoms with Gasteiger partial charge in [-0.2, -0.15) is 0 Å². The number of aryl methyl sites for hydroxylation is 1. The van der Waals surface area contributed by atoms with E-state index in [1.54, 1.807) is 7.11 Å². The average molecular weight is 327 g/mol. The van der Waals surface area contributed by atoms with Crippen molar-refractivity contribution in [3.8, 4) is 5.75 Å². The maximum absolute atomic E-state index is 5.60. The number of aromatic nitrogens is 2. The number of imidazole rings is 1. The quantitative estimate of drug-likeness (QED) is 0.666. The maximum Gasteiger partial charge on any atom is 0.181 e. The fourth-order valence-electron chi connectivity index (χ4n) is 2.87. The predicted octanol–water partition coefficient (Wildman–Crippen LogP) is 3.81. The van der Waals surface area contributed by atoms with E-state index in [4.69, 9.17) is 17.0 Å². The van der Waals surface area contributed by atoms with E-state index in [0.29, 0.717) is 0 Å². The number of rotatable bonds is 5. The van der Waals surface area contributed by atoms with Gasteiger partial charge in [-0.15, -0.1) is 0 Å². The smallest absolute Gasteiger partial charge is 0.181 e. The summed E-state index contributed by atoms with van der Waals surface area (Å²) in [6.45, 7) is 1.58. The first-order valence-corrected chi connectivity index (χ1v) is 7.96. The third kappa shape index (κ3) is 3.16. The van der Waals surface area contributed by atoms with Crippen LogP contribution in [0.2, 0.25) is 0 Å². The van der Waals surface area contributed by atoms with Crippen LogP contribution in [0.15, 0.2) is 48.5 Å². The van der Waals surface area contributed by atoms with E-state index in [-0.39, 0.29) is 0 Å². The Morgan fingerprint density at radius 3 is 2.57 bits per heavy atom. The van der Waals surface area contributed by atoms with Crippen molar-refractivity contribution >= 4 is 23.3 Å². The van der Waals surface area contributed by atoms with Gasteiger partial charge in [-0.1, -0.05) is 24.3 Å². The third-order valence-electron chi connectivity index (χ3n) is 4.02. The van der Waals surface area contributed by atoms with Crippen molar-refractivity contribution in [2.45, 2.75) is 13.2 Å². The normalized spacial score (nSPS) is 11.3. The van der Waals surface area contributed by atoms with Gasteiger partial charge in [-0.25, -0.2) is 0 Å².